The maximum atomic E-state index is 12.5. The smallest absolute Gasteiger partial charge is 1.00 e. The molecular weight excluding hydrogens is 398 g/mol. The number of ether oxygens (including phenoxy) is 1. The van der Waals surface area contributed by atoms with E-state index in [0.717, 1.165) is 0 Å². The number of anilines is 1. The second-order valence-electron chi connectivity index (χ2n) is 8.06. The molecule has 0 aliphatic carbocycles. The average Bonchev–Trinajstić information content (AvgIpc) is 3.08. The SMILES string of the molecule is CC(C)(C)[Si](C)(C)OC[C@H]1O[C@@H](n2cnc3c(N)ncnc32)C[C@@H]1[O-].[Cl-].[Mg+2]. The van der Waals surface area contributed by atoms with Crippen LogP contribution < -0.4 is 23.2 Å². The van der Waals surface area contributed by atoms with Gasteiger partial charge in [0, 0.05) is 0 Å². The van der Waals surface area contributed by atoms with Crippen molar-refractivity contribution in [3.63, 3.8) is 0 Å². The van der Waals surface area contributed by atoms with Gasteiger partial charge in [0.15, 0.2) is 19.8 Å². The summed E-state index contributed by atoms with van der Waals surface area (Å²) in [6.45, 7) is 11.2. The Hall–Kier alpha value is -0.497. The topological polar surface area (TPSA) is 111 Å². The molecule has 3 rings (SSSR count). The fraction of sp³-hybridized carbons (Fsp3) is 0.688. The van der Waals surface area contributed by atoms with E-state index in [9.17, 15) is 5.11 Å². The van der Waals surface area contributed by atoms with E-state index in [1.807, 2.05) is 0 Å². The molecule has 1 saturated heterocycles. The van der Waals surface area contributed by atoms with Crippen LogP contribution >= 0.6 is 0 Å². The third-order valence-corrected chi connectivity index (χ3v) is 9.79. The number of nitrogen functional groups attached to an aromatic ring is 1. The normalized spacial score (nSPS) is 23.1. The third-order valence-electron chi connectivity index (χ3n) is 5.29. The maximum Gasteiger partial charge on any atom is 2.00 e. The molecule has 2 aromatic heterocycles. The summed E-state index contributed by atoms with van der Waals surface area (Å²) < 4.78 is 13.9. The molecule has 0 saturated carbocycles. The van der Waals surface area contributed by atoms with Gasteiger partial charge in [0.25, 0.3) is 0 Å². The largest absolute Gasteiger partial charge is 2.00 e. The standard InChI is InChI=1S/C16H26N5O3Si.ClH.Mg/c1-16(2,3)25(4,5)23-7-11-10(22)6-12(24-11)21-9-20-13-14(17)18-8-19-15(13)21;;/h8-12H,6-7H2,1-5H3,(H2,17,18,19);1H;/q-1;;+2/p-1/t10-,11+,12+;;/m0../s1. The second kappa shape index (κ2) is 8.89. The number of hydrogen-bond donors (Lipinski definition) is 1. The zero-order chi connectivity index (χ0) is 18.4. The fourth-order valence-electron chi connectivity index (χ4n) is 2.61. The van der Waals surface area contributed by atoms with Gasteiger partial charge in [0.1, 0.15) is 18.1 Å². The van der Waals surface area contributed by atoms with Crippen molar-refractivity contribution < 1.29 is 26.7 Å². The second-order valence-corrected chi connectivity index (χ2v) is 12.9. The number of nitrogens with zero attached hydrogens (tertiary/aromatic N) is 4. The predicted molar refractivity (Wildman–Crippen MR) is 101 cm³/mol. The van der Waals surface area contributed by atoms with Crippen LogP contribution in [-0.2, 0) is 9.16 Å². The van der Waals surface area contributed by atoms with Crippen molar-refractivity contribution in [2.24, 2.45) is 0 Å². The van der Waals surface area contributed by atoms with Crippen molar-refractivity contribution >= 4 is 48.4 Å². The summed E-state index contributed by atoms with van der Waals surface area (Å²) in [5, 5.41) is 12.5. The monoisotopic (exact) mass is 423 g/mol. The van der Waals surface area contributed by atoms with E-state index < -0.39 is 26.8 Å². The van der Waals surface area contributed by atoms with Gasteiger partial charge in [-0.15, -0.1) is 0 Å². The molecule has 0 bridgehead atoms. The van der Waals surface area contributed by atoms with Crippen LogP contribution in [0.1, 0.15) is 33.4 Å². The van der Waals surface area contributed by atoms with Gasteiger partial charge in [0.2, 0.25) is 0 Å². The minimum atomic E-state index is -1.92. The molecule has 2 aromatic rings. The van der Waals surface area contributed by atoms with Crippen molar-refractivity contribution in [2.45, 2.75) is 63.8 Å². The zero-order valence-corrected chi connectivity index (χ0v) is 19.6. The van der Waals surface area contributed by atoms with E-state index in [-0.39, 0.29) is 40.5 Å². The van der Waals surface area contributed by atoms with E-state index in [1.165, 1.54) is 6.33 Å². The van der Waals surface area contributed by atoms with Gasteiger partial charge >= 0.3 is 23.1 Å². The van der Waals surface area contributed by atoms with Crippen molar-refractivity contribution in [3.8, 4) is 0 Å². The summed E-state index contributed by atoms with van der Waals surface area (Å²) in [5.74, 6) is 0.318. The van der Waals surface area contributed by atoms with Crippen molar-refractivity contribution in [1.29, 1.82) is 0 Å². The summed E-state index contributed by atoms with van der Waals surface area (Å²) in [4.78, 5) is 12.4. The Morgan fingerprint density at radius 2 is 2.00 bits per heavy atom. The maximum absolute atomic E-state index is 12.5. The van der Waals surface area contributed by atoms with Crippen molar-refractivity contribution in [3.05, 3.63) is 12.7 Å². The van der Waals surface area contributed by atoms with Gasteiger partial charge in [-0.1, -0.05) is 26.9 Å². The summed E-state index contributed by atoms with van der Waals surface area (Å²) in [6.07, 6.45) is 1.61. The minimum Gasteiger partial charge on any atom is -1.00 e. The molecule has 0 radical (unpaired) electrons. The van der Waals surface area contributed by atoms with Crippen LogP contribution in [-0.4, -0.2) is 69.7 Å². The number of rotatable bonds is 4. The number of imidazole rings is 1. The van der Waals surface area contributed by atoms with Crippen LogP contribution in [0.5, 0.6) is 0 Å². The Morgan fingerprint density at radius 1 is 1.33 bits per heavy atom. The van der Waals surface area contributed by atoms with Gasteiger partial charge in [-0.2, -0.15) is 0 Å². The average molecular weight is 424 g/mol. The van der Waals surface area contributed by atoms with Gasteiger partial charge in [-0.3, -0.25) is 4.57 Å². The third kappa shape index (κ3) is 4.92. The Balaban J connectivity index is 0.00000182. The van der Waals surface area contributed by atoms with Gasteiger partial charge in [-0.05, 0) is 24.6 Å². The van der Waals surface area contributed by atoms with Crippen LogP contribution in [0.25, 0.3) is 11.2 Å². The molecule has 11 heteroatoms. The van der Waals surface area contributed by atoms with Crippen molar-refractivity contribution in [1.82, 2.24) is 19.5 Å². The zero-order valence-electron chi connectivity index (χ0n) is 16.5. The van der Waals surface area contributed by atoms with Gasteiger partial charge in [-0.25, -0.2) is 15.0 Å². The molecule has 3 heterocycles. The first-order valence-electron chi connectivity index (χ1n) is 8.48. The molecule has 0 spiro atoms. The number of halogens is 1. The Morgan fingerprint density at radius 3 is 2.63 bits per heavy atom. The number of hydrogen-bond acceptors (Lipinski definition) is 7. The van der Waals surface area contributed by atoms with E-state index in [1.54, 1.807) is 10.9 Å². The molecular formula is C16H26ClMgN5O3Si. The Labute approximate surface area is 182 Å². The fourth-order valence-corrected chi connectivity index (χ4v) is 3.62. The summed E-state index contributed by atoms with van der Waals surface area (Å²) in [5.41, 5.74) is 6.92. The molecule has 1 aliphatic heterocycles. The summed E-state index contributed by atoms with van der Waals surface area (Å²) >= 11 is 0. The molecule has 146 valence electrons. The minimum absolute atomic E-state index is 0. The predicted octanol–water partition coefficient (Wildman–Crippen LogP) is -1.93. The Bertz CT molecular complexity index is 770. The first-order valence-corrected chi connectivity index (χ1v) is 11.4. The first-order chi connectivity index (χ1) is 11.6. The summed E-state index contributed by atoms with van der Waals surface area (Å²) in [7, 11) is -1.92. The van der Waals surface area contributed by atoms with E-state index >= 15 is 0 Å². The van der Waals surface area contributed by atoms with E-state index in [0.29, 0.717) is 30.0 Å². The molecule has 0 amide bonds. The van der Waals surface area contributed by atoms with Gasteiger partial charge < -0.3 is 32.4 Å². The van der Waals surface area contributed by atoms with Crippen LogP contribution in [0, 0.1) is 0 Å². The number of fused-ring (bicyclic) bond motifs is 1. The number of nitrogens with two attached hydrogens (primary N) is 1. The molecule has 0 aromatic carbocycles. The molecule has 8 nitrogen and oxygen atoms in total. The Kier molecular flexibility index (Phi) is 8.08. The van der Waals surface area contributed by atoms with Crippen LogP contribution in [0.15, 0.2) is 12.7 Å². The molecule has 27 heavy (non-hydrogen) atoms. The first kappa shape index (κ1) is 24.5. The van der Waals surface area contributed by atoms with Crippen LogP contribution in [0.2, 0.25) is 18.1 Å². The molecule has 2 N–H and O–H groups in total. The van der Waals surface area contributed by atoms with E-state index in [4.69, 9.17) is 14.9 Å². The molecule has 1 fully saturated rings. The van der Waals surface area contributed by atoms with Crippen LogP contribution in [0.4, 0.5) is 5.82 Å². The van der Waals surface area contributed by atoms with E-state index in [2.05, 4.69) is 48.8 Å². The molecule has 3 atom stereocenters. The number of aromatic nitrogens is 4. The van der Waals surface area contributed by atoms with Crippen molar-refractivity contribution in [2.75, 3.05) is 12.3 Å². The van der Waals surface area contributed by atoms with Crippen LogP contribution in [0.3, 0.4) is 0 Å². The molecule has 1 aliphatic rings. The quantitative estimate of drug-likeness (QED) is 0.569. The van der Waals surface area contributed by atoms with Gasteiger partial charge in [0.05, 0.1) is 19.0 Å². The molecule has 0 unspecified atom stereocenters. The summed E-state index contributed by atoms with van der Waals surface area (Å²) in [6, 6.07) is 0.